The zero-order valence-corrected chi connectivity index (χ0v) is 20.3. The van der Waals surface area contributed by atoms with Gasteiger partial charge in [-0.05, 0) is 54.4 Å². The van der Waals surface area contributed by atoms with Crippen LogP contribution in [0.15, 0.2) is 76.6 Å². The fourth-order valence-corrected chi connectivity index (χ4v) is 3.51. The molecule has 37 heavy (non-hydrogen) atoms. The molecule has 0 radical (unpaired) electrons. The van der Waals surface area contributed by atoms with E-state index in [1.165, 1.54) is 4.57 Å². The molecule has 0 aliphatic rings. The van der Waals surface area contributed by atoms with E-state index in [1.54, 1.807) is 67.0 Å². The Morgan fingerprint density at radius 1 is 1.00 bits per heavy atom. The molecule has 0 spiro atoms. The number of carbonyl (C=O) groups excluding carboxylic acids is 1. The Balaban J connectivity index is 1.64. The van der Waals surface area contributed by atoms with Gasteiger partial charge in [-0.1, -0.05) is 23.7 Å². The van der Waals surface area contributed by atoms with Gasteiger partial charge in [-0.3, -0.25) is 9.36 Å². The Bertz CT molecular complexity index is 1470. The fraction of sp³-hybridized carbons (Fsp3) is 0.200. The van der Waals surface area contributed by atoms with Crippen LogP contribution in [-0.4, -0.2) is 41.6 Å². The van der Waals surface area contributed by atoms with E-state index in [0.29, 0.717) is 16.5 Å². The first kappa shape index (κ1) is 25.7. The Labute approximate surface area is 216 Å². The largest absolute Gasteiger partial charge is 0.424 e. The summed E-state index contributed by atoms with van der Waals surface area (Å²) in [7, 11) is 0. The van der Waals surface area contributed by atoms with Gasteiger partial charge in [-0.15, -0.1) is 0 Å². The predicted octanol–water partition coefficient (Wildman–Crippen LogP) is 2.77. The van der Waals surface area contributed by atoms with Crippen molar-refractivity contribution in [3.8, 4) is 11.8 Å². The van der Waals surface area contributed by atoms with Crippen molar-refractivity contribution in [2.45, 2.75) is 25.9 Å². The fourth-order valence-electron chi connectivity index (χ4n) is 3.39. The Morgan fingerprint density at radius 3 is 2.38 bits per heavy atom. The van der Waals surface area contributed by atoms with Crippen molar-refractivity contribution in [2.24, 2.45) is 0 Å². The first-order valence-electron chi connectivity index (χ1n) is 11.3. The molecule has 4 rings (SSSR count). The second-order valence-corrected chi connectivity index (χ2v) is 8.38. The molecule has 0 aliphatic heterocycles. The number of benzene rings is 2. The molecule has 11 nitrogen and oxygen atoms in total. The number of hydrogen-bond donors (Lipinski definition) is 2. The molecule has 0 bridgehead atoms. The third kappa shape index (κ3) is 6.87. The number of halogens is 1. The summed E-state index contributed by atoms with van der Waals surface area (Å²) < 4.78 is 7.64. The van der Waals surface area contributed by atoms with Gasteiger partial charge in [0.15, 0.2) is 5.78 Å². The normalized spacial score (nSPS) is 10.8. The number of aromatic nitrogens is 5. The average Bonchev–Trinajstić information content (AvgIpc) is 2.90. The van der Waals surface area contributed by atoms with Crippen LogP contribution in [0, 0.1) is 0 Å². The summed E-state index contributed by atoms with van der Waals surface area (Å²) in [4.78, 5) is 50.3. The van der Waals surface area contributed by atoms with Crippen molar-refractivity contribution >= 4 is 29.0 Å². The average molecular weight is 523 g/mol. The lowest BCUT2D eigenvalue weighted by atomic mass is 10.2. The molecule has 190 valence electrons. The summed E-state index contributed by atoms with van der Waals surface area (Å²) in [5, 5.41) is 12.5. The summed E-state index contributed by atoms with van der Waals surface area (Å²) in [5.74, 6) is 0.135. The van der Waals surface area contributed by atoms with E-state index in [4.69, 9.17) is 21.4 Å². The minimum atomic E-state index is -0.863. The molecule has 2 heterocycles. The number of ether oxygens (including phenoxy) is 1. The van der Waals surface area contributed by atoms with Crippen LogP contribution in [0.3, 0.4) is 0 Å². The van der Waals surface area contributed by atoms with Gasteiger partial charge in [0.05, 0.1) is 13.1 Å². The number of hydrogen-bond acceptors (Lipinski definition) is 9. The van der Waals surface area contributed by atoms with Gasteiger partial charge in [-0.2, -0.15) is 4.98 Å². The van der Waals surface area contributed by atoms with E-state index in [9.17, 15) is 14.4 Å². The Morgan fingerprint density at radius 2 is 1.70 bits per heavy atom. The predicted molar refractivity (Wildman–Crippen MR) is 136 cm³/mol. The number of ketones is 1. The molecule has 0 amide bonds. The van der Waals surface area contributed by atoms with Crippen LogP contribution in [0.1, 0.15) is 18.4 Å². The monoisotopic (exact) mass is 522 g/mol. The number of nitrogens with zero attached hydrogens (tertiary/aromatic N) is 5. The lowest BCUT2D eigenvalue weighted by Crippen LogP contribution is -2.44. The lowest BCUT2D eigenvalue weighted by Gasteiger charge is -2.16. The van der Waals surface area contributed by atoms with E-state index in [0.717, 1.165) is 10.1 Å². The molecule has 0 saturated carbocycles. The number of aliphatic hydroxyl groups excluding tert-OH is 1. The molecule has 0 fully saturated rings. The summed E-state index contributed by atoms with van der Waals surface area (Å²) in [5.41, 5.74) is -0.289. The minimum absolute atomic E-state index is 0.00377. The second-order valence-electron chi connectivity index (χ2n) is 7.95. The maximum absolute atomic E-state index is 13.3. The number of rotatable bonds is 11. The molecule has 2 aromatic heterocycles. The molecule has 4 aromatic rings. The van der Waals surface area contributed by atoms with E-state index in [-0.39, 0.29) is 43.7 Å². The van der Waals surface area contributed by atoms with Gasteiger partial charge in [0.2, 0.25) is 5.95 Å². The number of Topliss-reactive ketones (excluding diaryl/α,β-unsaturated/α-hetero) is 1. The number of nitrogens with one attached hydrogen (secondary N) is 1. The first-order valence-corrected chi connectivity index (χ1v) is 11.7. The highest BCUT2D eigenvalue weighted by Crippen LogP contribution is 2.22. The van der Waals surface area contributed by atoms with Crippen molar-refractivity contribution in [3.05, 3.63) is 98.5 Å². The van der Waals surface area contributed by atoms with Crippen molar-refractivity contribution < 1.29 is 14.6 Å². The topological polar surface area (TPSA) is 141 Å². The number of anilines is 2. The molecule has 2 N–H and O–H groups in total. The molecule has 0 saturated heterocycles. The van der Waals surface area contributed by atoms with E-state index >= 15 is 0 Å². The van der Waals surface area contributed by atoms with Gasteiger partial charge in [-0.25, -0.2) is 24.1 Å². The lowest BCUT2D eigenvalue weighted by molar-refractivity contribution is -0.120. The summed E-state index contributed by atoms with van der Waals surface area (Å²) in [6, 6.07) is 15.4. The number of carbonyl (C=O) groups is 1. The van der Waals surface area contributed by atoms with Crippen LogP contribution in [-0.2, 0) is 17.9 Å². The van der Waals surface area contributed by atoms with E-state index < -0.39 is 17.9 Å². The van der Waals surface area contributed by atoms with E-state index in [1.807, 2.05) is 0 Å². The van der Waals surface area contributed by atoms with Crippen LogP contribution >= 0.6 is 11.6 Å². The highest BCUT2D eigenvalue weighted by atomic mass is 35.5. The molecule has 0 unspecified atom stereocenters. The zero-order valence-electron chi connectivity index (χ0n) is 19.6. The summed E-state index contributed by atoms with van der Waals surface area (Å²) in [6.45, 7) is -0.521. The molecule has 0 atom stereocenters. The molecule has 12 heteroatoms. The van der Waals surface area contributed by atoms with Crippen LogP contribution in [0.25, 0.3) is 0 Å². The van der Waals surface area contributed by atoms with Crippen LogP contribution in [0.4, 0.5) is 11.6 Å². The summed E-state index contributed by atoms with van der Waals surface area (Å²) >= 11 is 5.98. The van der Waals surface area contributed by atoms with Crippen LogP contribution in [0.5, 0.6) is 11.8 Å². The molecular formula is C25H23ClN6O5. The SMILES string of the molecule is O=C(CCCO)Cn1c(=O)nc(Nc2ccc(Oc3ncccn3)cc2)n(Cc2ccc(Cl)cc2)c1=O. The van der Waals surface area contributed by atoms with Crippen LogP contribution in [0.2, 0.25) is 5.02 Å². The van der Waals surface area contributed by atoms with Gasteiger partial charge >= 0.3 is 17.4 Å². The smallest absolute Gasteiger partial charge is 0.355 e. The molecular weight excluding hydrogens is 500 g/mol. The quantitative estimate of drug-likeness (QED) is 0.304. The zero-order chi connectivity index (χ0) is 26.2. The molecule has 2 aromatic carbocycles. The highest BCUT2D eigenvalue weighted by Gasteiger charge is 2.16. The third-order valence-electron chi connectivity index (χ3n) is 5.21. The van der Waals surface area contributed by atoms with Crippen molar-refractivity contribution in [1.29, 1.82) is 0 Å². The minimum Gasteiger partial charge on any atom is -0.424 e. The van der Waals surface area contributed by atoms with Gasteiger partial charge < -0.3 is 15.2 Å². The Kier molecular flexibility index (Phi) is 8.39. The maximum atomic E-state index is 13.3. The van der Waals surface area contributed by atoms with Crippen molar-refractivity contribution in [1.82, 2.24) is 24.1 Å². The first-order chi connectivity index (χ1) is 17.9. The van der Waals surface area contributed by atoms with Crippen molar-refractivity contribution in [3.63, 3.8) is 0 Å². The van der Waals surface area contributed by atoms with Gasteiger partial charge in [0, 0.05) is 36.1 Å². The molecule has 0 aliphatic carbocycles. The maximum Gasteiger partial charge on any atom is 0.355 e. The Hall–Kier alpha value is -4.35. The number of aliphatic hydroxyl groups is 1. The summed E-state index contributed by atoms with van der Waals surface area (Å²) in [6.07, 6.45) is 3.41. The van der Waals surface area contributed by atoms with E-state index in [2.05, 4.69) is 20.3 Å². The second kappa shape index (κ2) is 12.1. The highest BCUT2D eigenvalue weighted by molar-refractivity contribution is 6.30. The van der Waals surface area contributed by atoms with Crippen LogP contribution < -0.4 is 21.4 Å². The standard InChI is InChI=1S/C25H23ClN6O5/c26-18-6-4-17(5-7-18)15-31-22(30-24(35)32(25(31)36)16-20(34)3-1-14-33)29-19-8-10-21(11-9-19)37-23-27-12-2-13-28-23/h2,4-13,33H,1,3,14-16H2,(H,29,30,35). The third-order valence-corrected chi connectivity index (χ3v) is 5.47. The van der Waals surface area contributed by atoms with Gasteiger partial charge in [0.1, 0.15) is 5.75 Å². The van der Waals surface area contributed by atoms with Crippen molar-refractivity contribution in [2.75, 3.05) is 11.9 Å². The van der Waals surface area contributed by atoms with Gasteiger partial charge in [0.25, 0.3) is 0 Å².